The van der Waals surface area contributed by atoms with E-state index in [1.165, 1.54) is 11.8 Å². The fourth-order valence-corrected chi connectivity index (χ4v) is 0.610. The minimum atomic E-state index is 0. The van der Waals surface area contributed by atoms with Crippen molar-refractivity contribution in [2.24, 2.45) is 0 Å². The molecule has 0 saturated heterocycles. The Morgan fingerprint density at radius 3 is 2.29 bits per heavy atom. The molecular weight excluding hydrogens is 135 g/mol. The van der Waals surface area contributed by atoms with Crippen molar-refractivity contribution in [2.75, 3.05) is 5.75 Å². The first-order chi connectivity index (χ1) is 2.77. The second-order valence-electron chi connectivity index (χ2n) is 0.925. The molecule has 0 saturated carbocycles. The summed E-state index contributed by atoms with van der Waals surface area (Å²) in [5, 5.41) is 0.206. The molecule has 0 aliphatic carbocycles. The van der Waals surface area contributed by atoms with Gasteiger partial charge in [-0.3, -0.25) is 4.79 Å². The van der Waals surface area contributed by atoms with Gasteiger partial charge >= 0.3 is 51.4 Å². The summed E-state index contributed by atoms with van der Waals surface area (Å²) < 4.78 is 0. The Morgan fingerprint density at radius 1 is 1.86 bits per heavy atom. The van der Waals surface area contributed by atoms with Crippen LogP contribution in [0.2, 0.25) is 0 Å². The first-order valence-corrected chi connectivity index (χ1v) is 2.89. The smallest absolute Gasteiger partial charge is 1.00 e. The predicted molar refractivity (Wildman–Crippen MR) is 29.9 cm³/mol. The third-order valence-corrected chi connectivity index (χ3v) is 1.04. The van der Waals surface area contributed by atoms with Crippen LogP contribution in [0.5, 0.6) is 0 Å². The van der Waals surface area contributed by atoms with Crippen LogP contribution in [0.15, 0.2) is 0 Å². The molecule has 0 fully saturated rings. The van der Waals surface area contributed by atoms with Crippen molar-refractivity contribution in [1.29, 1.82) is 0 Å². The van der Waals surface area contributed by atoms with E-state index >= 15 is 0 Å². The Labute approximate surface area is 92.5 Å². The number of hydrogen-bond acceptors (Lipinski definition) is 2. The van der Waals surface area contributed by atoms with Crippen molar-refractivity contribution < 1.29 is 57.6 Å². The molecule has 7 heavy (non-hydrogen) atoms. The minimum Gasteiger partial charge on any atom is -1.00 e. The van der Waals surface area contributed by atoms with Crippen molar-refractivity contribution in [2.45, 2.75) is 13.8 Å². The summed E-state index contributed by atoms with van der Waals surface area (Å²) in [4.78, 5) is 10.0. The van der Waals surface area contributed by atoms with Crippen molar-refractivity contribution in [3.8, 4) is 0 Å². The van der Waals surface area contributed by atoms with Gasteiger partial charge in [0.2, 0.25) is 0 Å². The molecule has 1 nitrogen and oxygen atoms in total. The number of hydrogen-bond donors (Lipinski definition) is 0. The van der Waals surface area contributed by atoms with Crippen LogP contribution < -0.4 is 51.4 Å². The SMILES string of the molecule is CCSC(C)=O.[H-].[K+]. The normalized spacial score (nSPS) is 7.14. The minimum absolute atomic E-state index is 0. The van der Waals surface area contributed by atoms with Crippen LogP contribution in [0.3, 0.4) is 0 Å². The summed E-state index contributed by atoms with van der Waals surface area (Å²) in [5.74, 6) is 0.898. The predicted octanol–water partition coefficient (Wildman–Crippen LogP) is -1.60. The molecule has 0 aromatic rings. The van der Waals surface area contributed by atoms with Gasteiger partial charge in [-0.25, -0.2) is 0 Å². The van der Waals surface area contributed by atoms with E-state index in [-0.39, 0.29) is 57.9 Å². The van der Waals surface area contributed by atoms with Crippen LogP contribution in [-0.2, 0) is 4.79 Å². The second kappa shape index (κ2) is 7.66. The van der Waals surface area contributed by atoms with Crippen LogP contribution >= 0.6 is 11.8 Å². The van der Waals surface area contributed by atoms with Crippen LogP contribution in [0.1, 0.15) is 15.3 Å². The average Bonchev–Trinajstić information content (AvgIpc) is 1.35. The van der Waals surface area contributed by atoms with Gasteiger partial charge < -0.3 is 1.43 Å². The van der Waals surface area contributed by atoms with Gasteiger partial charge in [-0.05, 0) is 5.75 Å². The Balaban J connectivity index is -0.000000125. The molecule has 38 valence electrons. The zero-order valence-electron chi connectivity index (χ0n) is 6.02. The Morgan fingerprint density at radius 2 is 2.29 bits per heavy atom. The van der Waals surface area contributed by atoms with Gasteiger partial charge in [0.25, 0.3) is 0 Å². The third-order valence-electron chi connectivity index (χ3n) is 0.348. The first kappa shape index (κ1) is 11.5. The Hall–Kier alpha value is 1.66. The first-order valence-electron chi connectivity index (χ1n) is 1.90. The number of carbonyl (C=O) groups is 1. The van der Waals surface area contributed by atoms with Crippen LogP contribution in [-0.4, -0.2) is 10.9 Å². The zero-order valence-corrected chi connectivity index (χ0v) is 8.96. The fraction of sp³-hybridized carbons (Fsp3) is 0.750. The Bertz CT molecular complexity index is 60.0. The molecule has 0 N–H and O–H groups in total. The summed E-state index contributed by atoms with van der Waals surface area (Å²) >= 11 is 1.35. The molecule has 0 heterocycles. The zero-order chi connectivity index (χ0) is 4.99. The molecule has 3 heteroatoms. The molecule has 0 unspecified atom stereocenters. The van der Waals surface area contributed by atoms with E-state index in [1.807, 2.05) is 6.92 Å². The maximum Gasteiger partial charge on any atom is 1.00 e. The number of thioether (sulfide) groups is 1. The van der Waals surface area contributed by atoms with E-state index in [0.29, 0.717) is 0 Å². The van der Waals surface area contributed by atoms with Crippen molar-refractivity contribution in [1.82, 2.24) is 0 Å². The molecule has 0 aromatic carbocycles. The van der Waals surface area contributed by atoms with E-state index in [0.717, 1.165) is 5.75 Å². The van der Waals surface area contributed by atoms with Gasteiger partial charge in [-0.15, -0.1) is 0 Å². The molecule has 0 atom stereocenters. The van der Waals surface area contributed by atoms with E-state index in [2.05, 4.69) is 0 Å². The molecule has 0 radical (unpaired) electrons. The van der Waals surface area contributed by atoms with Gasteiger partial charge in [0, 0.05) is 6.92 Å². The van der Waals surface area contributed by atoms with E-state index < -0.39 is 0 Å². The van der Waals surface area contributed by atoms with Crippen molar-refractivity contribution in [3.05, 3.63) is 0 Å². The maximum atomic E-state index is 10.0. The average molecular weight is 144 g/mol. The van der Waals surface area contributed by atoms with Gasteiger partial charge in [-0.1, -0.05) is 18.7 Å². The third kappa shape index (κ3) is 11.3. The molecule has 0 amide bonds. The summed E-state index contributed by atoms with van der Waals surface area (Å²) in [5.41, 5.74) is 0. The summed E-state index contributed by atoms with van der Waals surface area (Å²) in [7, 11) is 0. The molecule has 0 aliphatic heterocycles. The quantitative estimate of drug-likeness (QED) is 0.412. The van der Waals surface area contributed by atoms with Gasteiger partial charge in [0.05, 0.1) is 0 Å². The summed E-state index contributed by atoms with van der Waals surface area (Å²) in [6.07, 6.45) is 0. The molecule has 0 aromatic heterocycles. The second-order valence-corrected chi connectivity index (χ2v) is 2.37. The maximum absolute atomic E-state index is 10.0. The number of carbonyl (C=O) groups excluding carboxylic acids is 1. The van der Waals surface area contributed by atoms with Gasteiger partial charge in [0.1, 0.15) is 0 Å². The number of rotatable bonds is 1. The van der Waals surface area contributed by atoms with Gasteiger partial charge in [-0.2, -0.15) is 0 Å². The van der Waals surface area contributed by atoms with E-state index in [9.17, 15) is 4.79 Å². The van der Waals surface area contributed by atoms with Crippen molar-refractivity contribution >= 4 is 16.9 Å². The van der Waals surface area contributed by atoms with E-state index in [4.69, 9.17) is 0 Å². The molecule has 0 aliphatic rings. The standard InChI is InChI=1S/C4H8OS.K.H/c1-3-6-4(2)5;;/h3H2,1-2H3;;/q;+1;-1. The fourth-order valence-electron chi connectivity index (χ4n) is 0.203. The van der Waals surface area contributed by atoms with Crippen LogP contribution in [0.4, 0.5) is 0 Å². The summed E-state index contributed by atoms with van der Waals surface area (Å²) in [6.45, 7) is 3.54. The van der Waals surface area contributed by atoms with Crippen LogP contribution in [0, 0.1) is 0 Å². The molecule has 0 rings (SSSR count). The monoisotopic (exact) mass is 144 g/mol. The van der Waals surface area contributed by atoms with E-state index in [1.54, 1.807) is 6.92 Å². The largest absolute Gasteiger partial charge is 1.00 e. The van der Waals surface area contributed by atoms with Crippen LogP contribution in [0.25, 0.3) is 0 Å². The topological polar surface area (TPSA) is 17.1 Å². The molecule has 0 spiro atoms. The Kier molecular flexibility index (Phi) is 12.5. The summed E-state index contributed by atoms with van der Waals surface area (Å²) in [6, 6.07) is 0. The van der Waals surface area contributed by atoms with Crippen molar-refractivity contribution in [3.63, 3.8) is 0 Å². The van der Waals surface area contributed by atoms with Gasteiger partial charge in [0.15, 0.2) is 5.12 Å². The molecular formula is C4H9KOS. The molecule has 0 bridgehead atoms.